The van der Waals surface area contributed by atoms with E-state index in [0.717, 1.165) is 118 Å². The Morgan fingerprint density at radius 3 is 0.925 bits per heavy atom. The van der Waals surface area contributed by atoms with Crippen molar-refractivity contribution in [3.63, 3.8) is 0 Å². The molecule has 4 aromatic heterocycles. The van der Waals surface area contributed by atoms with E-state index in [1.54, 1.807) is 49.1 Å². The first-order valence-electron chi connectivity index (χ1n) is 32.5. The third-order valence-corrected chi connectivity index (χ3v) is 22.5. The second-order valence-corrected chi connectivity index (χ2v) is 31.7. The molecule has 8 aromatic carbocycles. The Morgan fingerprint density at radius 1 is 0.321 bits per heavy atom. The first-order chi connectivity index (χ1) is 51.0. The number of hydrogen-bond donors (Lipinski definition) is 4. The van der Waals surface area contributed by atoms with Crippen molar-refractivity contribution >= 4 is 238 Å². The fourth-order valence-electron chi connectivity index (χ4n) is 11.7. The largest absolute Gasteiger partial charge is 0.360 e. The van der Waals surface area contributed by atoms with Gasteiger partial charge in [0, 0.05) is 120 Å². The molecular formula is C81H57ClN8O8S8. The van der Waals surface area contributed by atoms with Gasteiger partial charge in [0.15, 0.2) is 40.4 Å². The van der Waals surface area contributed by atoms with Gasteiger partial charge in [-0.2, -0.15) is 0 Å². The van der Waals surface area contributed by atoms with Gasteiger partial charge in [0.25, 0.3) is 23.6 Å². The quantitative estimate of drug-likeness (QED) is 0.0509. The number of aromatic amines is 4. The Morgan fingerprint density at radius 2 is 0.585 bits per heavy atom. The van der Waals surface area contributed by atoms with Gasteiger partial charge in [-0.1, -0.05) is 220 Å². The van der Waals surface area contributed by atoms with Gasteiger partial charge in [-0.3, -0.25) is 58.0 Å². The van der Waals surface area contributed by atoms with Crippen molar-refractivity contribution in [2.24, 2.45) is 0 Å². The average Bonchev–Trinajstić information content (AvgIpc) is 1.66. The van der Waals surface area contributed by atoms with Crippen LogP contribution in [0.15, 0.2) is 251 Å². The summed E-state index contributed by atoms with van der Waals surface area (Å²) in [6.07, 6.45) is 12.2. The van der Waals surface area contributed by atoms with E-state index in [0.29, 0.717) is 86.9 Å². The molecule has 4 saturated heterocycles. The number of allylic oxidation sites excluding steroid dienone is 4. The maximum atomic E-state index is 12.8. The minimum atomic E-state index is -0.294. The topological polar surface area (TPSA) is 213 Å². The van der Waals surface area contributed by atoms with Crippen LogP contribution in [0.4, 0.5) is 22.7 Å². The average molecular weight is 1560 g/mol. The van der Waals surface area contributed by atoms with E-state index < -0.39 is 0 Å². The second kappa shape index (κ2) is 31.7. The zero-order valence-corrected chi connectivity index (χ0v) is 63.9. The van der Waals surface area contributed by atoms with Gasteiger partial charge < -0.3 is 19.9 Å². The molecule has 0 radical (unpaired) electrons. The first kappa shape index (κ1) is 73.8. The predicted molar refractivity (Wildman–Crippen MR) is 448 cm³/mol. The van der Waals surface area contributed by atoms with Gasteiger partial charge in [-0.05, 0) is 132 Å². The number of thioether (sulfide) groups is 4. The van der Waals surface area contributed by atoms with Gasteiger partial charge in [0.1, 0.15) is 0 Å². The maximum absolute atomic E-state index is 12.8. The van der Waals surface area contributed by atoms with Crippen molar-refractivity contribution in [2.45, 2.75) is 34.6 Å². The SMILES string of the molecule is Cc1ccc(N2C(=O)/C(=C/C(=O)c3c[nH]c4ccc(C)cc34)SC2=S)cc1.Cc1ccc(N2C(=O)/C(=C/C(=O)c3c[nH]c4ccc(C)cc34)SC2=S)cc1.Cc1ccc(N2C(=O)/C(=C/C(=O)c3c[nH]c4ccccc34)SC2=S)cc1.O=C(/C=C1\SC(=S)N(c2ccccc2)C1=O)c1c[nH]c2ccc(Cl)cc12. The van der Waals surface area contributed by atoms with Crippen molar-refractivity contribution in [3.8, 4) is 0 Å². The lowest BCUT2D eigenvalue weighted by molar-refractivity contribution is -0.114. The number of fused-ring (bicyclic) bond motifs is 4. The minimum Gasteiger partial charge on any atom is -0.360 e. The van der Waals surface area contributed by atoms with Gasteiger partial charge >= 0.3 is 0 Å². The molecule has 4 amide bonds. The number of H-pyrrole nitrogens is 4. The number of amides is 4. The van der Waals surface area contributed by atoms with Crippen LogP contribution in [0.3, 0.4) is 0 Å². The number of nitrogens with zero attached hydrogens (tertiary/aromatic N) is 4. The molecule has 16 nitrogen and oxygen atoms in total. The summed E-state index contributed by atoms with van der Waals surface area (Å²) in [6, 6.07) is 56.4. The molecule has 4 fully saturated rings. The molecule has 0 bridgehead atoms. The van der Waals surface area contributed by atoms with Crippen LogP contribution < -0.4 is 19.6 Å². The van der Waals surface area contributed by atoms with E-state index in [2.05, 4.69) is 19.9 Å². The summed E-state index contributed by atoms with van der Waals surface area (Å²) < 4.78 is 1.69. The van der Waals surface area contributed by atoms with Crippen molar-refractivity contribution in [2.75, 3.05) is 19.6 Å². The monoisotopic (exact) mass is 1560 g/mol. The molecule has 4 N–H and O–H groups in total. The van der Waals surface area contributed by atoms with Gasteiger partial charge in [-0.25, -0.2) is 0 Å². The smallest absolute Gasteiger partial charge is 0.270 e. The molecule has 0 spiro atoms. The Balaban J connectivity index is 0.000000125. The Labute approximate surface area is 650 Å². The minimum absolute atomic E-state index is 0.212. The zero-order chi connectivity index (χ0) is 74.8. The van der Waals surface area contributed by atoms with E-state index in [-0.39, 0.29) is 46.8 Å². The molecule has 0 saturated carbocycles. The molecule has 25 heteroatoms. The summed E-state index contributed by atoms with van der Waals surface area (Å²) in [5, 5.41) is 3.80. The van der Waals surface area contributed by atoms with Crippen LogP contribution in [0.25, 0.3) is 43.6 Å². The number of rotatable bonds is 12. The lowest BCUT2D eigenvalue weighted by atomic mass is 10.1. The van der Waals surface area contributed by atoms with Crippen LogP contribution in [0.5, 0.6) is 0 Å². The maximum Gasteiger partial charge on any atom is 0.270 e. The number of carbonyl (C=O) groups is 8. The molecule has 106 heavy (non-hydrogen) atoms. The number of carbonyl (C=O) groups excluding carboxylic acids is 8. The Hall–Kier alpha value is -10.5. The number of aromatic nitrogens is 4. The summed E-state index contributed by atoms with van der Waals surface area (Å²) in [6.45, 7) is 9.90. The lowest BCUT2D eigenvalue weighted by Crippen LogP contribution is -2.27. The highest BCUT2D eigenvalue weighted by atomic mass is 35.5. The number of nitrogens with one attached hydrogen (secondary N) is 4. The van der Waals surface area contributed by atoms with Crippen LogP contribution in [-0.4, -0.2) is 84.0 Å². The fourth-order valence-corrected chi connectivity index (χ4v) is 16.9. The van der Waals surface area contributed by atoms with Crippen LogP contribution >= 0.6 is 108 Å². The summed E-state index contributed by atoms with van der Waals surface area (Å²) in [5.74, 6) is -2.00. The molecule has 524 valence electrons. The number of benzene rings is 8. The highest BCUT2D eigenvalue weighted by Crippen LogP contribution is 2.40. The van der Waals surface area contributed by atoms with Crippen molar-refractivity contribution in [1.29, 1.82) is 0 Å². The number of ketones is 4. The number of anilines is 4. The van der Waals surface area contributed by atoms with Crippen molar-refractivity contribution in [1.82, 2.24) is 19.9 Å². The van der Waals surface area contributed by atoms with E-state index in [1.165, 1.54) is 43.9 Å². The van der Waals surface area contributed by atoms with Gasteiger partial charge in [0.2, 0.25) is 0 Å². The van der Waals surface area contributed by atoms with E-state index in [4.69, 9.17) is 60.5 Å². The number of aryl methyl sites for hydroxylation is 5. The number of hydrogen-bond acceptors (Lipinski definition) is 16. The number of para-hydroxylation sites is 2. The molecule has 0 unspecified atom stereocenters. The summed E-state index contributed by atoms with van der Waals surface area (Å²) in [7, 11) is 0. The number of halogens is 1. The third-order valence-electron chi connectivity index (χ3n) is 17.1. The van der Waals surface area contributed by atoms with Crippen LogP contribution in [0.1, 0.15) is 69.2 Å². The van der Waals surface area contributed by atoms with Crippen LogP contribution in [0.2, 0.25) is 5.02 Å². The molecule has 16 rings (SSSR count). The van der Waals surface area contributed by atoms with Gasteiger partial charge in [-0.15, -0.1) is 0 Å². The van der Waals surface area contributed by atoms with Crippen molar-refractivity contribution < 1.29 is 38.4 Å². The molecule has 8 heterocycles. The first-order valence-corrected chi connectivity index (χ1v) is 37.8. The van der Waals surface area contributed by atoms with Crippen molar-refractivity contribution in [3.05, 3.63) is 306 Å². The zero-order valence-electron chi connectivity index (χ0n) is 56.6. The normalized spacial score (nSPS) is 16.0. The molecule has 0 atom stereocenters. The number of thiocarbonyl (C=S) groups is 4. The molecule has 12 aromatic rings. The van der Waals surface area contributed by atoms with Crippen LogP contribution in [-0.2, 0) is 19.2 Å². The fraction of sp³-hybridized carbons (Fsp3) is 0.0617. The highest BCUT2D eigenvalue weighted by Gasteiger charge is 2.38. The lowest BCUT2D eigenvalue weighted by Gasteiger charge is -2.14. The summed E-state index contributed by atoms with van der Waals surface area (Å²) in [5.41, 5.74) is 13.8. The van der Waals surface area contributed by atoms with Crippen LogP contribution in [0, 0.1) is 34.6 Å². The summed E-state index contributed by atoms with van der Waals surface area (Å²) in [4.78, 5) is 122. The van der Waals surface area contributed by atoms with E-state index in [1.807, 2.05) is 192 Å². The Kier molecular flexibility index (Phi) is 22.0. The second-order valence-electron chi connectivity index (χ2n) is 24.5. The van der Waals surface area contributed by atoms with E-state index in [9.17, 15) is 38.4 Å². The Bertz CT molecular complexity index is 5670. The van der Waals surface area contributed by atoms with E-state index >= 15 is 0 Å². The molecule has 4 aliphatic heterocycles. The summed E-state index contributed by atoms with van der Waals surface area (Å²) >= 11 is 32.0. The predicted octanol–water partition coefficient (Wildman–Crippen LogP) is 19.4. The standard InChI is InChI=1S/2C21H16N2O2S2.C20H14N2O2S2.C19H11ClN2O2S2/c2*1-12-3-6-14(7-4-12)23-20(25)19(27-21(23)26)10-18(24)16-11-22-17-8-5-13(2)9-15(16)17;1-12-6-8-13(9-7-12)22-19(24)18(26-20(22)25)10-17(23)15-11-21-16-5-3-2-4-14(15)16;20-11-6-7-15-13(8-11)14(10-21-15)16(23)9-17-18(24)22(19(25)26-17)12-4-2-1-3-5-12/h2*3-11,22H,1-2H3;2-11,21H,1H3;1-10,21H/b2*19-10-;18-10-;17-9-. The molecular weight excluding hydrogens is 1500 g/mol. The molecule has 0 aliphatic carbocycles. The highest BCUT2D eigenvalue weighted by molar-refractivity contribution is 8.28. The van der Waals surface area contributed by atoms with Gasteiger partial charge in [0.05, 0.1) is 42.4 Å². The third kappa shape index (κ3) is 15.7. The molecule has 4 aliphatic rings.